The summed E-state index contributed by atoms with van der Waals surface area (Å²) in [4.78, 5) is 40.8. The molecule has 1 fully saturated rings. The van der Waals surface area contributed by atoms with Crippen molar-refractivity contribution in [2.24, 2.45) is 5.92 Å². The fourth-order valence-corrected chi connectivity index (χ4v) is 6.58. The fourth-order valence-electron chi connectivity index (χ4n) is 5.65. The lowest BCUT2D eigenvalue weighted by Crippen LogP contribution is -2.47. The predicted octanol–water partition coefficient (Wildman–Crippen LogP) is 3.07. The third kappa shape index (κ3) is 5.90. The van der Waals surface area contributed by atoms with Gasteiger partial charge in [-0.15, -0.1) is 5.10 Å². The molecule has 6 rings (SSSR count). The Balaban J connectivity index is 1.10. The van der Waals surface area contributed by atoms with Crippen LogP contribution in [0.2, 0.25) is 0 Å². The highest BCUT2D eigenvalue weighted by Crippen LogP contribution is 2.26. The monoisotopic (exact) mass is 607 g/mol. The molecule has 0 aliphatic carbocycles. The Hall–Kier alpha value is -4.14. The topological polar surface area (TPSA) is 131 Å². The summed E-state index contributed by atoms with van der Waals surface area (Å²) in [5.74, 6) is 0.763. The van der Waals surface area contributed by atoms with Crippen LogP contribution >= 0.6 is 11.3 Å². The van der Waals surface area contributed by atoms with Crippen LogP contribution < -0.4 is 15.5 Å². The van der Waals surface area contributed by atoms with Gasteiger partial charge in [-0.3, -0.25) is 19.1 Å². The Morgan fingerprint density at radius 3 is 2.63 bits per heavy atom. The number of aromatic nitrogens is 5. The van der Waals surface area contributed by atoms with Gasteiger partial charge in [-0.1, -0.05) is 18.3 Å². The number of nitrogens with zero attached hydrogens (tertiary/aromatic N) is 8. The standard InChI is InChI=1S/C29H34FN9O3S/c1-18(17-35(2)3)15-22(40)19-6-7-21(20(30)16-19)37-11-8-36(9-12-37)10-13-38-26-24(43-29(38)41)27-32-25(23-5-4-14-42-23)34-39(27)28(31)33-26/h4-7,14,16,18H,8-13,15,17H2,1-3H3,(H2,31,33)/t18-/m0/s1. The van der Waals surface area contributed by atoms with Gasteiger partial charge in [-0.05, 0) is 50.3 Å². The van der Waals surface area contributed by atoms with Gasteiger partial charge in [0, 0.05) is 57.8 Å². The molecular weight excluding hydrogens is 573 g/mol. The second-order valence-corrected chi connectivity index (χ2v) is 12.2. The third-order valence-electron chi connectivity index (χ3n) is 7.69. The zero-order valence-corrected chi connectivity index (χ0v) is 25.2. The number of piperazine rings is 1. The third-order valence-corrected chi connectivity index (χ3v) is 8.66. The van der Waals surface area contributed by atoms with Gasteiger partial charge in [0.1, 0.15) is 10.5 Å². The van der Waals surface area contributed by atoms with Crippen molar-refractivity contribution >= 4 is 44.8 Å². The summed E-state index contributed by atoms with van der Waals surface area (Å²) in [6, 6.07) is 8.30. The second-order valence-electron chi connectivity index (χ2n) is 11.3. The van der Waals surface area contributed by atoms with E-state index >= 15 is 4.39 Å². The number of thiazole rings is 1. The van der Waals surface area contributed by atoms with E-state index in [1.54, 1.807) is 28.8 Å². The normalized spacial score (nSPS) is 15.2. The number of furan rings is 1. The summed E-state index contributed by atoms with van der Waals surface area (Å²) < 4.78 is 24.2. The number of anilines is 2. The smallest absolute Gasteiger partial charge is 0.309 e. The number of carbonyl (C=O) groups is 1. The molecule has 0 amide bonds. The molecule has 0 bridgehead atoms. The summed E-state index contributed by atoms with van der Waals surface area (Å²) >= 11 is 1.06. The highest BCUT2D eigenvalue weighted by Gasteiger charge is 2.23. The van der Waals surface area contributed by atoms with Crippen molar-refractivity contribution in [3.05, 3.63) is 57.6 Å². The minimum absolute atomic E-state index is 0.0419. The molecule has 5 heterocycles. The van der Waals surface area contributed by atoms with Crippen LogP contribution in [0.5, 0.6) is 0 Å². The summed E-state index contributed by atoms with van der Waals surface area (Å²) in [6.07, 6.45) is 1.92. The number of Topliss-reactive ketones (excluding diaryl/α,β-unsaturated/α-hetero) is 1. The molecule has 2 N–H and O–H groups in total. The highest BCUT2D eigenvalue weighted by atomic mass is 32.1. The average molecular weight is 608 g/mol. The maximum absolute atomic E-state index is 15.1. The van der Waals surface area contributed by atoms with Crippen molar-refractivity contribution < 1.29 is 13.6 Å². The first kappa shape index (κ1) is 29.0. The summed E-state index contributed by atoms with van der Waals surface area (Å²) in [5, 5.41) is 4.40. The number of ketones is 1. The maximum atomic E-state index is 15.1. The number of carbonyl (C=O) groups excluding carboxylic acids is 1. The van der Waals surface area contributed by atoms with Gasteiger partial charge in [0.25, 0.3) is 0 Å². The molecule has 1 aromatic carbocycles. The average Bonchev–Trinajstić information content (AvgIpc) is 3.71. The molecule has 5 aromatic rings. The van der Waals surface area contributed by atoms with Crippen LogP contribution in [0.4, 0.5) is 16.0 Å². The van der Waals surface area contributed by atoms with Crippen LogP contribution in [0, 0.1) is 11.7 Å². The molecular formula is C29H34FN9O3S. The molecule has 226 valence electrons. The lowest BCUT2D eigenvalue weighted by atomic mass is 9.99. The lowest BCUT2D eigenvalue weighted by molar-refractivity contribution is 0.0957. The number of nitrogen functional groups attached to an aromatic ring is 1. The molecule has 0 unspecified atom stereocenters. The first-order valence-corrected chi connectivity index (χ1v) is 15.0. The first-order valence-electron chi connectivity index (χ1n) is 14.2. The van der Waals surface area contributed by atoms with Crippen LogP contribution in [-0.2, 0) is 6.54 Å². The van der Waals surface area contributed by atoms with Gasteiger partial charge in [0.2, 0.25) is 11.8 Å². The Morgan fingerprint density at radius 2 is 1.93 bits per heavy atom. The van der Waals surface area contributed by atoms with Crippen molar-refractivity contribution in [1.29, 1.82) is 0 Å². The largest absolute Gasteiger partial charge is 0.461 e. The van der Waals surface area contributed by atoms with Crippen molar-refractivity contribution in [3.8, 4) is 11.6 Å². The number of hydrogen-bond donors (Lipinski definition) is 1. The summed E-state index contributed by atoms with van der Waals surface area (Å²) in [7, 11) is 3.95. The zero-order chi connectivity index (χ0) is 30.2. The van der Waals surface area contributed by atoms with E-state index in [0.717, 1.165) is 17.9 Å². The maximum Gasteiger partial charge on any atom is 0.309 e. The number of hydrogen-bond acceptors (Lipinski definition) is 11. The number of rotatable bonds is 10. The van der Waals surface area contributed by atoms with E-state index in [9.17, 15) is 9.59 Å². The van der Waals surface area contributed by atoms with Gasteiger partial charge >= 0.3 is 4.87 Å². The number of benzene rings is 1. The molecule has 1 atom stereocenters. The first-order chi connectivity index (χ1) is 20.7. The Labute approximate surface area is 251 Å². The molecule has 0 saturated carbocycles. The van der Waals surface area contributed by atoms with Crippen LogP contribution in [0.25, 0.3) is 27.6 Å². The number of halogens is 1. The lowest BCUT2D eigenvalue weighted by Gasteiger charge is -2.36. The van der Waals surface area contributed by atoms with E-state index in [1.807, 2.05) is 30.8 Å². The molecule has 43 heavy (non-hydrogen) atoms. The van der Waals surface area contributed by atoms with Gasteiger partial charge in [-0.25, -0.2) is 9.37 Å². The van der Waals surface area contributed by atoms with Gasteiger partial charge in [0.05, 0.1) is 12.0 Å². The molecule has 1 saturated heterocycles. The Kier molecular flexibility index (Phi) is 7.99. The van der Waals surface area contributed by atoms with Crippen molar-refractivity contribution in [1.82, 2.24) is 33.9 Å². The zero-order valence-electron chi connectivity index (χ0n) is 24.4. The van der Waals surface area contributed by atoms with Crippen molar-refractivity contribution in [2.75, 3.05) is 64.0 Å². The molecule has 4 aromatic heterocycles. The molecule has 14 heteroatoms. The molecule has 12 nitrogen and oxygen atoms in total. The molecule has 0 radical (unpaired) electrons. The predicted molar refractivity (Wildman–Crippen MR) is 164 cm³/mol. The summed E-state index contributed by atoms with van der Waals surface area (Å²) in [6.45, 7) is 6.55. The Bertz CT molecular complexity index is 1820. The van der Waals surface area contributed by atoms with Gasteiger partial charge in [0.15, 0.2) is 22.8 Å². The van der Waals surface area contributed by atoms with Gasteiger partial charge in [-0.2, -0.15) is 9.50 Å². The van der Waals surface area contributed by atoms with E-state index in [4.69, 9.17) is 10.2 Å². The quantitative estimate of drug-likeness (QED) is 0.236. The van der Waals surface area contributed by atoms with E-state index in [0.29, 0.717) is 84.5 Å². The highest BCUT2D eigenvalue weighted by molar-refractivity contribution is 7.17. The van der Waals surface area contributed by atoms with Crippen LogP contribution in [-0.4, -0.2) is 93.1 Å². The van der Waals surface area contributed by atoms with Gasteiger partial charge < -0.3 is 20.0 Å². The Morgan fingerprint density at radius 1 is 1.14 bits per heavy atom. The molecule has 1 aliphatic rings. The van der Waals surface area contributed by atoms with Crippen LogP contribution in [0.15, 0.2) is 45.8 Å². The number of nitrogens with two attached hydrogens (primary N) is 1. The minimum atomic E-state index is -0.380. The van der Waals surface area contributed by atoms with E-state index in [1.165, 1.54) is 16.8 Å². The number of fused-ring (bicyclic) bond motifs is 3. The molecule has 1 aliphatic heterocycles. The SMILES string of the molecule is C[C@@H](CC(=O)c1ccc(N2CCN(CCn3c(=O)sc4c3nc(N)n3nc(-c5ccco5)nc43)CC2)c(F)c1)CN(C)C. The molecule has 0 spiro atoms. The van der Waals surface area contributed by atoms with Crippen molar-refractivity contribution in [3.63, 3.8) is 0 Å². The summed E-state index contributed by atoms with van der Waals surface area (Å²) in [5.41, 5.74) is 8.04. The fraction of sp³-hybridized carbons (Fsp3) is 0.414. The van der Waals surface area contributed by atoms with Crippen LogP contribution in [0.1, 0.15) is 23.7 Å². The van der Waals surface area contributed by atoms with E-state index in [2.05, 4.69) is 20.0 Å². The van der Waals surface area contributed by atoms with E-state index < -0.39 is 0 Å². The second kappa shape index (κ2) is 11.9. The van der Waals surface area contributed by atoms with Crippen molar-refractivity contribution in [2.45, 2.75) is 19.9 Å². The van der Waals surface area contributed by atoms with Crippen LogP contribution in [0.3, 0.4) is 0 Å². The minimum Gasteiger partial charge on any atom is -0.461 e. The van der Waals surface area contributed by atoms with E-state index in [-0.39, 0.29) is 28.3 Å².